The molecule has 1 amide bonds. The minimum Gasteiger partial charge on any atom is -0.451 e. The van der Waals surface area contributed by atoms with Gasteiger partial charge in [0.2, 0.25) is 0 Å². The van der Waals surface area contributed by atoms with Crippen molar-refractivity contribution in [3.05, 3.63) is 35.6 Å². The highest BCUT2D eigenvalue weighted by Gasteiger charge is 2.24. The van der Waals surface area contributed by atoms with Crippen molar-refractivity contribution >= 4 is 16.9 Å². The summed E-state index contributed by atoms with van der Waals surface area (Å²) in [5.74, 6) is 0.300. The third-order valence-electron chi connectivity index (χ3n) is 4.29. The summed E-state index contributed by atoms with van der Waals surface area (Å²) in [6, 6.07) is 7.89. The molecule has 0 aliphatic heterocycles. The Hall–Kier alpha value is -1.81. The summed E-state index contributed by atoms with van der Waals surface area (Å²) in [4.78, 5) is 12.5. The molecule has 0 radical (unpaired) electrons. The minimum absolute atomic E-state index is 0.135. The average molecular weight is 287 g/mol. The van der Waals surface area contributed by atoms with E-state index in [9.17, 15) is 9.90 Å². The molecule has 1 aromatic carbocycles. The number of aryl methyl sites for hydroxylation is 1. The molecular weight excluding hydrogens is 266 g/mol. The van der Waals surface area contributed by atoms with Gasteiger partial charge < -0.3 is 14.8 Å². The van der Waals surface area contributed by atoms with Gasteiger partial charge in [-0.1, -0.05) is 25.1 Å². The van der Waals surface area contributed by atoms with Gasteiger partial charge in [0, 0.05) is 17.0 Å². The molecule has 4 heteroatoms. The molecule has 1 saturated carbocycles. The van der Waals surface area contributed by atoms with Gasteiger partial charge in [0.15, 0.2) is 5.76 Å². The summed E-state index contributed by atoms with van der Waals surface area (Å²) in [7, 11) is 0. The molecule has 1 fully saturated rings. The normalized spacial score (nSPS) is 22.4. The number of carbonyl (C=O) groups is 1. The smallest absolute Gasteiger partial charge is 0.287 e. The van der Waals surface area contributed by atoms with Crippen LogP contribution in [0.3, 0.4) is 0 Å². The van der Waals surface area contributed by atoms with Crippen LogP contribution in [-0.2, 0) is 6.42 Å². The second-order valence-corrected chi connectivity index (χ2v) is 5.74. The van der Waals surface area contributed by atoms with Gasteiger partial charge in [0.25, 0.3) is 5.91 Å². The lowest BCUT2D eigenvalue weighted by Gasteiger charge is -2.25. The summed E-state index contributed by atoms with van der Waals surface area (Å²) >= 11 is 0. The van der Waals surface area contributed by atoms with E-state index in [0.717, 1.165) is 48.6 Å². The van der Waals surface area contributed by atoms with Crippen LogP contribution in [0.1, 0.15) is 48.7 Å². The van der Waals surface area contributed by atoms with Crippen LogP contribution in [-0.4, -0.2) is 23.2 Å². The first-order chi connectivity index (χ1) is 10.2. The van der Waals surface area contributed by atoms with E-state index in [1.807, 2.05) is 31.2 Å². The number of benzene rings is 1. The van der Waals surface area contributed by atoms with Crippen molar-refractivity contribution in [2.75, 3.05) is 0 Å². The molecule has 0 spiro atoms. The molecule has 0 atom stereocenters. The molecule has 3 rings (SSSR count). The van der Waals surface area contributed by atoms with Crippen LogP contribution in [0.2, 0.25) is 0 Å². The zero-order valence-corrected chi connectivity index (χ0v) is 12.3. The highest BCUT2D eigenvalue weighted by molar-refractivity contribution is 5.99. The van der Waals surface area contributed by atoms with Crippen molar-refractivity contribution in [2.45, 2.75) is 51.2 Å². The predicted octanol–water partition coefficient (Wildman–Crippen LogP) is 3.03. The van der Waals surface area contributed by atoms with E-state index in [1.54, 1.807) is 0 Å². The summed E-state index contributed by atoms with van der Waals surface area (Å²) in [6.07, 6.45) is 3.72. The lowest BCUT2D eigenvalue weighted by molar-refractivity contribution is 0.0844. The Morgan fingerprint density at radius 2 is 2.00 bits per heavy atom. The molecule has 0 bridgehead atoms. The van der Waals surface area contributed by atoms with Crippen molar-refractivity contribution in [3.8, 4) is 0 Å². The number of hydrogen-bond acceptors (Lipinski definition) is 3. The van der Waals surface area contributed by atoms with Gasteiger partial charge in [-0.2, -0.15) is 0 Å². The van der Waals surface area contributed by atoms with E-state index < -0.39 is 0 Å². The summed E-state index contributed by atoms with van der Waals surface area (Å²) < 4.78 is 5.75. The first-order valence-corrected chi connectivity index (χ1v) is 7.68. The molecule has 21 heavy (non-hydrogen) atoms. The second kappa shape index (κ2) is 5.90. The topological polar surface area (TPSA) is 62.5 Å². The zero-order chi connectivity index (χ0) is 14.8. The highest BCUT2D eigenvalue weighted by atomic mass is 16.3. The number of furan rings is 1. The number of aliphatic hydroxyl groups is 1. The van der Waals surface area contributed by atoms with Crippen molar-refractivity contribution in [2.24, 2.45) is 0 Å². The molecule has 1 aliphatic carbocycles. The van der Waals surface area contributed by atoms with Crippen LogP contribution in [0.4, 0.5) is 0 Å². The van der Waals surface area contributed by atoms with Gasteiger partial charge in [-0.3, -0.25) is 4.79 Å². The molecule has 0 unspecified atom stereocenters. The second-order valence-electron chi connectivity index (χ2n) is 5.74. The van der Waals surface area contributed by atoms with Crippen LogP contribution >= 0.6 is 0 Å². The molecular formula is C17H21NO3. The van der Waals surface area contributed by atoms with Crippen molar-refractivity contribution in [1.29, 1.82) is 0 Å². The molecule has 1 aromatic heterocycles. The molecule has 2 N–H and O–H groups in total. The Labute approximate surface area is 124 Å². The first-order valence-electron chi connectivity index (χ1n) is 7.68. The fraction of sp³-hybridized carbons (Fsp3) is 0.471. The van der Waals surface area contributed by atoms with Gasteiger partial charge in [-0.25, -0.2) is 0 Å². The summed E-state index contributed by atoms with van der Waals surface area (Å²) in [5, 5.41) is 13.6. The fourth-order valence-corrected chi connectivity index (χ4v) is 3.10. The quantitative estimate of drug-likeness (QED) is 0.912. The van der Waals surface area contributed by atoms with Crippen LogP contribution in [0.5, 0.6) is 0 Å². The average Bonchev–Trinajstić information content (AvgIpc) is 2.88. The maximum Gasteiger partial charge on any atom is 0.287 e. The predicted molar refractivity (Wildman–Crippen MR) is 81.3 cm³/mol. The van der Waals surface area contributed by atoms with E-state index in [1.165, 1.54) is 0 Å². The van der Waals surface area contributed by atoms with Crippen LogP contribution in [0, 0.1) is 0 Å². The number of amides is 1. The van der Waals surface area contributed by atoms with Crippen LogP contribution < -0.4 is 5.32 Å². The number of nitrogens with one attached hydrogen (secondary N) is 1. The van der Waals surface area contributed by atoms with Gasteiger partial charge in [-0.15, -0.1) is 0 Å². The number of rotatable bonds is 3. The zero-order valence-electron chi connectivity index (χ0n) is 12.3. The van der Waals surface area contributed by atoms with Gasteiger partial charge in [0.1, 0.15) is 5.58 Å². The summed E-state index contributed by atoms with van der Waals surface area (Å²) in [6.45, 7) is 2.03. The molecule has 1 aliphatic rings. The lowest BCUT2D eigenvalue weighted by atomic mass is 9.93. The Bertz CT molecular complexity index is 639. The number of fused-ring (bicyclic) bond motifs is 1. The largest absolute Gasteiger partial charge is 0.451 e. The van der Waals surface area contributed by atoms with E-state index in [2.05, 4.69) is 5.32 Å². The lowest BCUT2D eigenvalue weighted by Crippen LogP contribution is -2.38. The SMILES string of the molecule is CCc1c(C(=O)NC2CCC(O)CC2)oc2ccccc12. The Morgan fingerprint density at radius 1 is 1.29 bits per heavy atom. The Kier molecular flexibility index (Phi) is 3.97. The monoisotopic (exact) mass is 287 g/mol. The Morgan fingerprint density at radius 3 is 2.71 bits per heavy atom. The molecule has 112 valence electrons. The summed E-state index contributed by atoms with van der Waals surface area (Å²) in [5.41, 5.74) is 1.73. The standard InChI is InChI=1S/C17H21NO3/c1-2-13-14-5-3-4-6-15(14)21-16(13)17(20)18-11-7-9-12(19)10-8-11/h3-6,11-12,19H,2,7-10H2,1H3,(H,18,20). The van der Waals surface area contributed by atoms with Crippen molar-refractivity contribution in [1.82, 2.24) is 5.32 Å². The molecule has 2 aromatic rings. The van der Waals surface area contributed by atoms with Crippen LogP contribution in [0.25, 0.3) is 11.0 Å². The highest BCUT2D eigenvalue weighted by Crippen LogP contribution is 2.27. The Balaban J connectivity index is 1.81. The third kappa shape index (κ3) is 2.81. The molecule has 1 heterocycles. The number of hydrogen-bond donors (Lipinski definition) is 2. The van der Waals surface area contributed by atoms with Gasteiger partial charge in [-0.05, 0) is 38.2 Å². The van der Waals surface area contributed by atoms with E-state index >= 15 is 0 Å². The van der Waals surface area contributed by atoms with Crippen molar-refractivity contribution in [3.63, 3.8) is 0 Å². The number of aliphatic hydroxyl groups excluding tert-OH is 1. The number of para-hydroxylation sites is 1. The van der Waals surface area contributed by atoms with E-state index in [0.29, 0.717) is 5.76 Å². The first kappa shape index (κ1) is 14.1. The van der Waals surface area contributed by atoms with Gasteiger partial charge in [0.05, 0.1) is 6.10 Å². The maximum absolute atomic E-state index is 12.5. The van der Waals surface area contributed by atoms with E-state index in [-0.39, 0.29) is 18.1 Å². The van der Waals surface area contributed by atoms with E-state index in [4.69, 9.17) is 4.42 Å². The fourth-order valence-electron chi connectivity index (χ4n) is 3.10. The third-order valence-corrected chi connectivity index (χ3v) is 4.29. The van der Waals surface area contributed by atoms with Gasteiger partial charge >= 0.3 is 0 Å². The minimum atomic E-state index is -0.212. The molecule has 0 saturated heterocycles. The van der Waals surface area contributed by atoms with Crippen LogP contribution in [0.15, 0.2) is 28.7 Å². The number of carbonyl (C=O) groups excluding carboxylic acids is 1. The molecule has 4 nitrogen and oxygen atoms in total. The maximum atomic E-state index is 12.5. The van der Waals surface area contributed by atoms with Crippen molar-refractivity contribution < 1.29 is 14.3 Å².